The van der Waals surface area contributed by atoms with E-state index in [1.807, 2.05) is 76.6 Å². The van der Waals surface area contributed by atoms with Crippen LogP contribution in [0.25, 0.3) is 85.6 Å². The third-order valence-corrected chi connectivity index (χ3v) is 24.2. The van der Waals surface area contributed by atoms with Gasteiger partial charge < -0.3 is 60.4 Å². The third-order valence-electron chi connectivity index (χ3n) is 23.9. The molecular weight excluding hydrogens is 1830 g/mol. The van der Waals surface area contributed by atoms with Gasteiger partial charge in [-0.05, 0) is 94.8 Å². The van der Waals surface area contributed by atoms with E-state index >= 15 is 0 Å². The van der Waals surface area contributed by atoms with Crippen LogP contribution in [0.3, 0.4) is 0 Å². The molecular formula is C90H89Cl2F3N36O7. The number of aliphatic hydroxyl groups is 2. The summed E-state index contributed by atoms with van der Waals surface area (Å²) >= 11 is 12.1. The first-order valence-corrected chi connectivity index (χ1v) is 44.8. The number of morpholine rings is 3. The minimum atomic E-state index is -4.57. The molecule has 2 amide bonds. The molecule has 138 heavy (non-hydrogen) atoms. The number of primary amides is 2. The molecule has 0 spiro atoms. The molecule has 9 N–H and O–H groups in total. The molecule has 5 aliphatic rings. The summed E-state index contributed by atoms with van der Waals surface area (Å²) in [6, 6.07) is 17.2. The molecule has 43 nitrogen and oxygen atoms in total. The number of carbonyl (C=O) groups excluding carboxylic acids is 2. The van der Waals surface area contributed by atoms with Crippen molar-refractivity contribution in [1.29, 1.82) is 0 Å². The zero-order valence-electron chi connectivity index (χ0n) is 74.1. The standard InChI is InChI=1S/C19H17F3N8O.2C18H17ClN8O.C18H20N6O2.C17H18N6O2/c1-11-17(12-6-26-27-7-12)31-5-4-29(11)15-2-3-23-18(28-15)13-8-25-16-9-24-14(10-30(13)16)19(20,21)22;2*1-11-8-26(9-14(28-11)12-4-23-24-5-12)16-2-3-20-18(25-16)13-6-22-17-7-21-15(19)10-27(13)17;19-18(26)14-10-24-15(7-21-17(24)8-20-14)13-4-1-5-16(22-13)23-6-2-3-12(9-23)11-25;18-17(25)13-10-23-14(8-20-16(23)9-19-13)12-2-1-3-15(21-12)22-6-4-11(24)5-7-22/h2-3,6-11,17H,4-5H2,1H3,(H,26,27);2*2-7,10-11,14H,8-9H2,1H3,(H,23,24);1,4-5,7-8,10,12,25H,2-3,6,9,11H2,(H2,19,26);1-3,8-11,24H,4-7H2,(H2,18,25). The largest absolute Gasteiger partial charge is 0.434 e. The van der Waals surface area contributed by atoms with E-state index in [0.717, 1.165) is 151 Å². The maximum Gasteiger partial charge on any atom is 0.434 e. The van der Waals surface area contributed by atoms with E-state index in [1.54, 1.807) is 120 Å². The number of aromatic nitrogens is 29. The summed E-state index contributed by atoms with van der Waals surface area (Å²) in [5, 5.41) is 40.4. The molecule has 5 saturated heterocycles. The number of nitrogens with one attached hydrogen (secondary N) is 3. The molecule has 18 aromatic rings. The number of piperidine rings is 2. The number of pyridine rings is 2. The number of hydrogen-bond donors (Lipinski definition) is 7. The van der Waals surface area contributed by atoms with Gasteiger partial charge >= 0.3 is 6.18 Å². The Morgan fingerprint density at radius 3 is 1.34 bits per heavy atom. The zero-order valence-corrected chi connectivity index (χ0v) is 75.6. The van der Waals surface area contributed by atoms with Crippen molar-refractivity contribution in [1.82, 2.24) is 142 Å². The van der Waals surface area contributed by atoms with Gasteiger partial charge in [0.1, 0.15) is 86.2 Å². The normalized spacial score (nSPS) is 18.7. The summed E-state index contributed by atoms with van der Waals surface area (Å²) in [6.45, 7) is 13.6. The van der Waals surface area contributed by atoms with E-state index in [0.29, 0.717) is 82.3 Å². The Labute approximate surface area is 791 Å². The Hall–Kier alpha value is -15.6. The van der Waals surface area contributed by atoms with Gasteiger partial charge in [-0.15, -0.1) is 0 Å². The Morgan fingerprint density at radius 1 is 0.449 bits per heavy atom. The predicted molar refractivity (Wildman–Crippen MR) is 498 cm³/mol. The molecule has 7 atom stereocenters. The van der Waals surface area contributed by atoms with Crippen molar-refractivity contribution < 1.29 is 47.2 Å². The number of aliphatic hydroxyl groups excluding tert-OH is 2. The number of imidazole rings is 5. The average Bonchev–Trinajstić information content (AvgIpc) is 1.70. The van der Waals surface area contributed by atoms with Gasteiger partial charge in [-0.1, -0.05) is 35.3 Å². The lowest BCUT2D eigenvalue weighted by molar-refractivity contribution is -0.141. The molecule has 48 heteroatoms. The molecule has 0 bridgehead atoms. The van der Waals surface area contributed by atoms with E-state index < -0.39 is 23.7 Å². The number of fused-ring (bicyclic) bond motifs is 5. The number of hydrogen-bond acceptors (Lipinski definition) is 33. The summed E-state index contributed by atoms with van der Waals surface area (Å²) in [5.74, 6) is 4.59. The number of halogens is 5. The smallest absolute Gasteiger partial charge is 0.396 e. The monoisotopic (exact) mass is 1910 g/mol. The first-order chi connectivity index (χ1) is 67.0. The Balaban J connectivity index is 0.000000110. The fraction of sp³-hybridized carbons (Fsp3) is 0.300. The number of ether oxygens (including phenoxy) is 3. The zero-order chi connectivity index (χ0) is 95.2. The number of nitrogens with zero attached hydrogens (tertiary/aromatic N) is 31. The molecule has 23 rings (SSSR count). The number of carbonyl (C=O) groups is 2. The number of alkyl halides is 3. The van der Waals surface area contributed by atoms with Crippen molar-refractivity contribution in [2.75, 3.05) is 96.6 Å². The van der Waals surface area contributed by atoms with Crippen molar-refractivity contribution in [3.8, 4) is 57.3 Å². The Kier molecular flexibility index (Phi) is 26.6. The molecule has 0 aromatic carbocycles. The number of nitrogens with two attached hydrogens (primary N) is 2. The van der Waals surface area contributed by atoms with Gasteiger partial charge in [-0.2, -0.15) is 28.5 Å². The van der Waals surface area contributed by atoms with Gasteiger partial charge in [-0.3, -0.25) is 46.9 Å². The molecule has 7 unspecified atom stereocenters. The van der Waals surface area contributed by atoms with Crippen LogP contribution < -0.4 is 36.0 Å². The minimum absolute atomic E-state index is 0.0442. The summed E-state index contributed by atoms with van der Waals surface area (Å²) < 4.78 is 65.9. The lowest BCUT2D eigenvalue weighted by Crippen LogP contribution is -2.46. The molecule has 5 fully saturated rings. The second kappa shape index (κ2) is 40.1. The highest BCUT2D eigenvalue weighted by Crippen LogP contribution is 2.37. The topological polar surface area (TPSA) is 511 Å². The average molecular weight is 1910 g/mol. The van der Waals surface area contributed by atoms with Crippen LogP contribution in [-0.4, -0.2) is 261 Å². The molecule has 706 valence electrons. The predicted octanol–water partition coefficient (Wildman–Crippen LogP) is 9.90. The molecule has 0 radical (unpaired) electrons. The van der Waals surface area contributed by atoms with Gasteiger partial charge in [-0.25, -0.2) is 89.7 Å². The highest BCUT2D eigenvalue weighted by atomic mass is 35.5. The maximum atomic E-state index is 13.1. The summed E-state index contributed by atoms with van der Waals surface area (Å²) in [6.07, 6.45) is 37.6. The SMILES string of the molecule is CC1C(c2cn[nH]c2)OCCN1c1ccnc(-c2cnc3cnc(C(F)(F)F)cn23)n1.CC1CN(c2ccnc(-c3cnc4cnc(Cl)cn34)n2)CC(c2cn[nH]c2)O1.CC1CN(c2ccnc(-c3cnc4cnc(Cl)cn34)n2)CC(c2cn[nH]c2)O1.NC(=O)c1cn2c(-c3cccc(N4CCC(O)CC4)n3)cnc2cn1.NC(=O)c1cn2c(-c3cccc(N4CCCC(CO)C4)n3)cnc2cn1. The summed E-state index contributed by atoms with van der Waals surface area (Å²) in [4.78, 5) is 112. The molecule has 5 aliphatic heterocycles. The number of rotatable bonds is 16. The minimum Gasteiger partial charge on any atom is -0.396 e. The van der Waals surface area contributed by atoms with Gasteiger partial charge in [0.2, 0.25) is 0 Å². The van der Waals surface area contributed by atoms with Crippen LogP contribution in [0.4, 0.5) is 42.3 Å². The van der Waals surface area contributed by atoms with Crippen LogP contribution in [0.15, 0.2) is 203 Å². The van der Waals surface area contributed by atoms with Crippen molar-refractivity contribution in [2.24, 2.45) is 17.4 Å². The lowest BCUT2D eigenvalue weighted by atomic mass is 9.99. The number of amides is 2. The lowest BCUT2D eigenvalue weighted by Gasteiger charge is -2.39. The van der Waals surface area contributed by atoms with Crippen molar-refractivity contribution >= 4 is 92.3 Å². The van der Waals surface area contributed by atoms with E-state index in [4.69, 9.17) is 68.8 Å². The van der Waals surface area contributed by atoms with Crippen LogP contribution in [-0.2, 0) is 20.4 Å². The first-order valence-electron chi connectivity index (χ1n) is 44.1. The maximum absolute atomic E-state index is 13.1. The fourth-order valence-corrected chi connectivity index (χ4v) is 17.3. The van der Waals surface area contributed by atoms with Crippen LogP contribution in [0.1, 0.15) is 108 Å². The quantitative estimate of drug-likeness (QED) is 0.0473. The van der Waals surface area contributed by atoms with Crippen LogP contribution >= 0.6 is 23.2 Å². The van der Waals surface area contributed by atoms with Crippen LogP contribution in [0, 0.1) is 5.92 Å². The van der Waals surface area contributed by atoms with Crippen molar-refractivity contribution in [3.63, 3.8) is 0 Å². The number of anilines is 5. The molecule has 0 saturated carbocycles. The molecule has 18 aromatic heterocycles. The highest BCUT2D eigenvalue weighted by molar-refractivity contribution is 6.29. The summed E-state index contributed by atoms with van der Waals surface area (Å²) in [5.41, 5.74) is 20.7. The second-order valence-electron chi connectivity index (χ2n) is 33.2. The fourth-order valence-electron chi connectivity index (χ4n) is 17.0. The van der Waals surface area contributed by atoms with Crippen molar-refractivity contribution in [2.45, 2.75) is 95.3 Å². The molecule has 23 heterocycles. The van der Waals surface area contributed by atoms with Gasteiger partial charge in [0, 0.05) is 137 Å². The number of aromatic amines is 3. The van der Waals surface area contributed by atoms with Gasteiger partial charge in [0.25, 0.3) is 11.8 Å². The second-order valence-corrected chi connectivity index (χ2v) is 33.9. The first kappa shape index (κ1) is 91.5. The Bertz CT molecular complexity index is 7130. The van der Waals surface area contributed by atoms with E-state index in [-0.39, 0.29) is 78.0 Å². The Morgan fingerprint density at radius 2 is 0.877 bits per heavy atom. The number of H-pyrrole nitrogens is 3. The van der Waals surface area contributed by atoms with E-state index in [1.165, 1.54) is 23.0 Å². The van der Waals surface area contributed by atoms with Crippen molar-refractivity contribution in [3.05, 3.63) is 247 Å². The highest BCUT2D eigenvalue weighted by Gasteiger charge is 2.37. The molecule has 0 aliphatic carbocycles. The van der Waals surface area contributed by atoms with E-state index in [9.17, 15) is 33.0 Å². The van der Waals surface area contributed by atoms with Crippen LogP contribution in [0.5, 0.6) is 0 Å². The van der Waals surface area contributed by atoms with Crippen LogP contribution in [0.2, 0.25) is 10.3 Å². The third kappa shape index (κ3) is 20.2. The van der Waals surface area contributed by atoms with E-state index in [2.05, 4.69) is 139 Å². The van der Waals surface area contributed by atoms with Gasteiger partial charge in [0.15, 0.2) is 51.4 Å². The van der Waals surface area contributed by atoms with Gasteiger partial charge in [0.05, 0.1) is 147 Å². The summed E-state index contributed by atoms with van der Waals surface area (Å²) in [7, 11) is 0.